The maximum Gasteiger partial charge on any atom is 0.242 e. The van der Waals surface area contributed by atoms with Crippen molar-refractivity contribution in [3.8, 4) is 0 Å². The maximum atomic E-state index is 13.0. The second-order valence-corrected chi connectivity index (χ2v) is 7.52. The second-order valence-electron chi connectivity index (χ2n) is 7.11. The summed E-state index contributed by atoms with van der Waals surface area (Å²) in [6.45, 7) is 7.85. The molecule has 4 nitrogen and oxygen atoms in total. The van der Waals surface area contributed by atoms with Crippen LogP contribution in [0.3, 0.4) is 0 Å². The minimum absolute atomic E-state index is 0.00862. The zero-order valence-electron chi connectivity index (χ0n) is 16.3. The minimum atomic E-state index is -0.596. The molecule has 2 rings (SSSR count). The SMILES string of the molecule is Cc1ccc(CC(=O)N(Cc2ccccc2Cl)C(C)C(=O)NC(C)C)cc1. The van der Waals surface area contributed by atoms with Crippen molar-refractivity contribution in [1.82, 2.24) is 10.2 Å². The van der Waals surface area contributed by atoms with Crippen molar-refractivity contribution in [2.24, 2.45) is 0 Å². The van der Waals surface area contributed by atoms with Crippen LogP contribution in [0.25, 0.3) is 0 Å². The van der Waals surface area contributed by atoms with Gasteiger partial charge < -0.3 is 10.2 Å². The first-order valence-electron chi connectivity index (χ1n) is 9.16. The number of aryl methyl sites for hydroxylation is 1. The van der Waals surface area contributed by atoms with E-state index in [1.165, 1.54) is 0 Å². The molecule has 0 bridgehead atoms. The molecule has 0 aliphatic rings. The van der Waals surface area contributed by atoms with Crippen LogP contribution in [0.4, 0.5) is 0 Å². The first-order chi connectivity index (χ1) is 12.8. The summed E-state index contributed by atoms with van der Waals surface area (Å²) in [5.74, 6) is -0.278. The molecule has 27 heavy (non-hydrogen) atoms. The lowest BCUT2D eigenvalue weighted by Gasteiger charge is -2.29. The Labute approximate surface area is 166 Å². The average Bonchev–Trinajstić information content (AvgIpc) is 2.61. The van der Waals surface area contributed by atoms with Crippen molar-refractivity contribution in [3.05, 3.63) is 70.2 Å². The molecule has 144 valence electrons. The summed E-state index contributed by atoms with van der Waals surface area (Å²) < 4.78 is 0. The fourth-order valence-corrected chi connectivity index (χ4v) is 2.98. The predicted molar refractivity (Wildman–Crippen MR) is 110 cm³/mol. The first kappa shape index (κ1) is 21.0. The van der Waals surface area contributed by atoms with Gasteiger partial charge in [-0.25, -0.2) is 0 Å². The van der Waals surface area contributed by atoms with E-state index in [0.29, 0.717) is 5.02 Å². The highest BCUT2D eigenvalue weighted by Crippen LogP contribution is 2.19. The van der Waals surface area contributed by atoms with E-state index in [4.69, 9.17) is 11.6 Å². The van der Waals surface area contributed by atoms with E-state index in [1.54, 1.807) is 17.9 Å². The molecule has 1 unspecified atom stereocenters. The van der Waals surface area contributed by atoms with Gasteiger partial charge in [-0.15, -0.1) is 0 Å². The Kier molecular flexibility index (Phi) is 7.43. The van der Waals surface area contributed by atoms with Gasteiger partial charge in [0.05, 0.1) is 6.42 Å². The van der Waals surface area contributed by atoms with E-state index >= 15 is 0 Å². The third kappa shape index (κ3) is 6.10. The quantitative estimate of drug-likeness (QED) is 0.777. The van der Waals surface area contributed by atoms with Crippen LogP contribution in [0, 0.1) is 6.92 Å². The highest BCUT2D eigenvalue weighted by atomic mass is 35.5. The summed E-state index contributed by atoms with van der Waals surface area (Å²) in [6, 6.07) is 14.7. The lowest BCUT2D eigenvalue weighted by atomic mass is 10.1. The second kappa shape index (κ2) is 9.56. The number of rotatable bonds is 7. The molecule has 5 heteroatoms. The summed E-state index contributed by atoms with van der Waals surface area (Å²) in [6.07, 6.45) is 0.240. The van der Waals surface area contributed by atoms with E-state index in [2.05, 4.69) is 5.32 Å². The Hall–Kier alpha value is -2.33. The Morgan fingerprint density at radius 2 is 1.67 bits per heavy atom. The smallest absolute Gasteiger partial charge is 0.242 e. The normalized spacial score (nSPS) is 11.9. The monoisotopic (exact) mass is 386 g/mol. The van der Waals surface area contributed by atoms with Gasteiger partial charge in [0.15, 0.2) is 0 Å². The van der Waals surface area contributed by atoms with Crippen LogP contribution in [0.15, 0.2) is 48.5 Å². The molecule has 0 saturated heterocycles. The number of carbonyl (C=O) groups excluding carboxylic acids is 2. The van der Waals surface area contributed by atoms with E-state index in [-0.39, 0.29) is 30.8 Å². The van der Waals surface area contributed by atoms with E-state index in [9.17, 15) is 9.59 Å². The molecule has 0 aliphatic heterocycles. The van der Waals surface area contributed by atoms with Gasteiger partial charge in [-0.2, -0.15) is 0 Å². The fourth-order valence-electron chi connectivity index (χ4n) is 2.78. The van der Waals surface area contributed by atoms with Crippen molar-refractivity contribution in [2.45, 2.75) is 52.7 Å². The molecular formula is C22H27ClN2O2. The molecule has 2 aromatic rings. The average molecular weight is 387 g/mol. The highest BCUT2D eigenvalue weighted by molar-refractivity contribution is 6.31. The van der Waals surface area contributed by atoms with Gasteiger partial charge in [-0.05, 0) is 44.9 Å². The highest BCUT2D eigenvalue weighted by Gasteiger charge is 2.27. The van der Waals surface area contributed by atoms with Crippen LogP contribution < -0.4 is 5.32 Å². The zero-order chi connectivity index (χ0) is 20.0. The third-order valence-corrected chi connectivity index (χ3v) is 4.74. The standard InChI is InChI=1S/C22H27ClN2O2/c1-15(2)24-22(27)17(4)25(14-19-7-5-6-8-20(19)23)21(26)13-18-11-9-16(3)10-12-18/h5-12,15,17H,13-14H2,1-4H3,(H,24,27). The van der Waals surface area contributed by atoms with Gasteiger partial charge in [-0.3, -0.25) is 9.59 Å². The Balaban J connectivity index is 2.24. The molecular weight excluding hydrogens is 360 g/mol. The molecule has 0 heterocycles. The molecule has 1 N–H and O–H groups in total. The number of nitrogens with zero attached hydrogens (tertiary/aromatic N) is 1. The largest absolute Gasteiger partial charge is 0.352 e. The lowest BCUT2D eigenvalue weighted by molar-refractivity contribution is -0.140. The van der Waals surface area contributed by atoms with Crippen molar-refractivity contribution < 1.29 is 9.59 Å². The summed E-state index contributed by atoms with van der Waals surface area (Å²) in [7, 11) is 0. The third-order valence-electron chi connectivity index (χ3n) is 4.37. The molecule has 1 atom stereocenters. The Bertz CT molecular complexity index is 787. The topological polar surface area (TPSA) is 49.4 Å². The van der Waals surface area contributed by atoms with Crippen LogP contribution in [-0.4, -0.2) is 28.8 Å². The van der Waals surface area contributed by atoms with Gasteiger partial charge in [0, 0.05) is 17.6 Å². The van der Waals surface area contributed by atoms with Crippen LogP contribution in [0.2, 0.25) is 5.02 Å². The number of benzene rings is 2. The number of nitrogens with one attached hydrogen (secondary N) is 1. The molecule has 0 radical (unpaired) electrons. The Morgan fingerprint density at radius 1 is 1.04 bits per heavy atom. The summed E-state index contributed by atoms with van der Waals surface area (Å²) in [4.78, 5) is 27.2. The number of amides is 2. The number of carbonyl (C=O) groups is 2. The van der Waals surface area contributed by atoms with Crippen molar-refractivity contribution in [3.63, 3.8) is 0 Å². The van der Waals surface area contributed by atoms with Gasteiger partial charge >= 0.3 is 0 Å². The molecule has 0 aromatic heterocycles. The lowest BCUT2D eigenvalue weighted by Crippen LogP contribution is -2.49. The van der Waals surface area contributed by atoms with E-state index in [0.717, 1.165) is 16.7 Å². The number of hydrogen-bond donors (Lipinski definition) is 1. The van der Waals surface area contributed by atoms with Crippen LogP contribution in [0.5, 0.6) is 0 Å². The van der Waals surface area contributed by atoms with Gasteiger partial charge in [0.25, 0.3) is 0 Å². The summed E-state index contributed by atoms with van der Waals surface area (Å²) in [5, 5.41) is 3.47. The van der Waals surface area contributed by atoms with Gasteiger partial charge in [0.1, 0.15) is 6.04 Å². The molecule has 0 spiro atoms. The van der Waals surface area contributed by atoms with E-state index in [1.807, 2.05) is 63.2 Å². The van der Waals surface area contributed by atoms with Crippen LogP contribution in [-0.2, 0) is 22.6 Å². The van der Waals surface area contributed by atoms with Crippen LogP contribution in [0.1, 0.15) is 37.5 Å². The van der Waals surface area contributed by atoms with Crippen molar-refractivity contribution in [2.75, 3.05) is 0 Å². The zero-order valence-corrected chi connectivity index (χ0v) is 17.1. The first-order valence-corrected chi connectivity index (χ1v) is 9.54. The number of halogens is 1. The molecule has 2 aromatic carbocycles. The molecule has 0 saturated carbocycles. The van der Waals surface area contributed by atoms with Crippen molar-refractivity contribution in [1.29, 1.82) is 0 Å². The van der Waals surface area contributed by atoms with Gasteiger partial charge in [-0.1, -0.05) is 59.6 Å². The Morgan fingerprint density at radius 3 is 2.26 bits per heavy atom. The van der Waals surface area contributed by atoms with E-state index < -0.39 is 6.04 Å². The molecule has 0 fully saturated rings. The summed E-state index contributed by atoms with van der Waals surface area (Å²) >= 11 is 6.28. The molecule has 2 amide bonds. The minimum Gasteiger partial charge on any atom is -0.352 e. The number of hydrogen-bond acceptors (Lipinski definition) is 2. The summed E-state index contributed by atoms with van der Waals surface area (Å²) in [5.41, 5.74) is 2.88. The fraction of sp³-hybridized carbons (Fsp3) is 0.364. The predicted octanol–water partition coefficient (Wildman–Crippen LogP) is 4.13. The van der Waals surface area contributed by atoms with Crippen molar-refractivity contribution >= 4 is 23.4 Å². The van der Waals surface area contributed by atoms with Crippen LogP contribution >= 0.6 is 11.6 Å². The molecule has 0 aliphatic carbocycles. The maximum absolute atomic E-state index is 13.0. The van der Waals surface area contributed by atoms with Gasteiger partial charge in [0.2, 0.25) is 11.8 Å².